The first-order chi connectivity index (χ1) is 11.6. The van der Waals surface area contributed by atoms with Crippen LogP contribution in [0.3, 0.4) is 0 Å². The number of rotatable bonds is 4. The molecule has 2 rings (SSSR count). The van der Waals surface area contributed by atoms with Gasteiger partial charge in [0.25, 0.3) is 0 Å². The third kappa shape index (κ3) is 4.42. The molecular weight excluding hydrogens is 396 g/mol. The van der Waals surface area contributed by atoms with Crippen molar-refractivity contribution in [2.75, 3.05) is 18.5 Å². The Hall–Kier alpha value is -0.960. The molecule has 0 bridgehead atoms. The van der Waals surface area contributed by atoms with Crippen molar-refractivity contribution < 1.29 is 33.6 Å². The highest BCUT2D eigenvalue weighted by atomic mass is 79.9. The van der Waals surface area contributed by atoms with Gasteiger partial charge in [-0.15, -0.1) is 0 Å². The summed E-state index contributed by atoms with van der Waals surface area (Å²) in [5.74, 6) is -1.85. The SMILES string of the molecule is CCOC(=O)[C@]12CC(C(=O)OC(C)(C)C)=C[C@H](O)[C@H]1CO[C@@H](CBr)O2. The molecule has 1 saturated heterocycles. The lowest BCUT2D eigenvalue weighted by molar-refractivity contribution is -0.284. The highest BCUT2D eigenvalue weighted by Gasteiger charge is 2.58. The summed E-state index contributed by atoms with van der Waals surface area (Å²) < 4.78 is 21.9. The van der Waals surface area contributed by atoms with Gasteiger partial charge < -0.3 is 24.1 Å². The van der Waals surface area contributed by atoms with Crippen LogP contribution in [-0.4, -0.2) is 59.2 Å². The van der Waals surface area contributed by atoms with Crippen LogP contribution < -0.4 is 0 Å². The molecule has 1 aliphatic carbocycles. The van der Waals surface area contributed by atoms with Crippen molar-refractivity contribution in [2.45, 2.75) is 57.7 Å². The van der Waals surface area contributed by atoms with Gasteiger partial charge in [-0.1, -0.05) is 15.9 Å². The zero-order valence-corrected chi connectivity index (χ0v) is 16.5. The fraction of sp³-hybridized carbons (Fsp3) is 0.765. The average Bonchev–Trinajstić information content (AvgIpc) is 2.52. The van der Waals surface area contributed by atoms with Gasteiger partial charge in [-0.3, -0.25) is 0 Å². The molecule has 142 valence electrons. The highest BCUT2D eigenvalue weighted by Crippen LogP contribution is 2.43. The van der Waals surface area contributed by atoms with Gasteiger partial charge in [-0.25, -0.2) is 9.59 Å². The molecule has 1 N–H and O–H groups in total. The van der Waals surface area contributed by atoms with E-state index >= 15 is 0 Å². The number of hydrogen-bond acceptors (Lipinski definition) is 7. The van der Waals surface area contributed by atoms with Crippen LogP contribution >= 0.6 is 15.9 Å². The molecule has 8 heteroatoms. The molecule has 0 spiro atoms. The first kappa shape index (κ1) is 20.4. The Bertz CT molecular complexity index is 554. The molecule has 0 aromatic carbocycles. The molecule has 0 amide bonds. The number of aliphatic hydroxyl groups is 1. The maximum atomic E-state index is 12.7. The Morgan fingerprint density at radius 1 is 1.44 bits per heavy atom. The molecule has 25 heavy (non-hydrogen) atoms. The molecule has 0 saturated carbocycles. The Morgan fingerprint density at radius 2 is 2.12 bits per heavy atom. The summed E-state index contributed by atoms with van der Waals surface area (Å²) in [4.78, 5) is 25.2. The van der Waals surface area contributed by atoms with Crippen LogP contribution in [-0.2, 0) is 28.5 Å². The van der Waals surface area contributed by atoms with Gasteiger partial charge in [0.2, 0.25) is 0 Å². The number of aliphatic hydroxyl groups excluding tert-OH is 1. The van der Waals surface area contributed by atoms with Gasteiger partial charge in [0, 0.05) is 12.0 Å². The van der Waals surface area contributed by atoms with Crippen molar-refractivity contribution in [2.24, 2.45) is 5.92 Å². The summed E-state index contributed by atoms with van der Waals surface area (Å²) in [6.45, 7) is 7.22. The number of halogens is 1. The van der Waals surface area contributed by atoms with E-state index < -0.39 is 41.5 Å². The summed E-state index contributed by atoms with van der Waals surface area (Å²) in [7, 11) is 0. The number of esters is 2. The van der Waals surface area contributed by atoms with Crippen LogP contribution in [0.1, 0.15) is 34.1 Å². The number of alkyl halides is 1. The number of carbonyl (C=O) groups is 2. The molecular formula is C17H25BrO7. The number of fused-ring (bicyclic) bond motifs is 1. The van der Waals surface area contributed by atoms with Crippen molar-refractivity contribution in [3.8, 4) is 0 Å². The number of carbonyl (C=O) groups excluding carboxylic acids is 2. The molecule has 0 aromatic heterocycles. The van der Waals surface area contributed by atoms with E-state index in [1.807, 2.05) is 0 Å². The van der Waals surface area contributed by atoms with E-state index in [1.54, 1.807) is 27.7 Å². The summed E-state index contributed by atoms with van der Waals surface area (Å²) in [6, 6.07) is 0. The van der Waals surface area contributed by atoms with Gasteiger partial charge in [0.05, 0.1) is 30.6 Å². The predicted molar refractivity (Wildman–Crippen MR) is 92.0 cm³/mol. The molecule has 0 radical (unpaired) electrons. The van der Waals surface area contributed by atoms with E-state index in [4.69, 9.17) is 18.9 Å². The van der Waals surface area contributed by atoms with E-state index in [2.05, 4.69) is 15.9 Å². The van der Waals surface area contributed by atoms with E-state index in [0.717, 1.165) is 0 Å². The van der Waals surface area contributed by atoms with Crippen LogP contribution in [0.5, 0.6) is 0 Å². The summed E-state index contributed by atoms with van der Waals surface area (Å²) in [5, 5.41) is 10.8. The second-order valence-electron chi connectivity index (χ2n) is 7.11. The van der Waals surface area contributed by atoms with E-state index in [9.17, 15) is 14.7 Å². The van der Waals surface area contributed by atoms with E-state index in [0.29, 0.717) is 5.33 Å². The smallest absolute Gasteiger partial charge is 0.339 e. The first-order valence-electron chi connectivity index (χ1n) is 8.27. The topological polar surface area (TPSA) is 91.3 Å². The van der Waals surface area contributed by atoms with E-state index in [-0.39, 0.29) is 25.2 Å². The summed E-state index contributed by atoms with van der Waals surface area (Å²) in [5.41, 5.74) is -1.97. The molecule has 0 aromatic rings. The third-order valence-corrected chi connectivity index (χ3v) is 4.58. The molecule has 7 nitrogen and oxygen atoms in total. The van der Waals surface area contributed by atoms with Gasteiger partial charge in [-0.05, 0) is 33.8 Å². The highest BCUT2D eigenvalue weighted by molar-refractivity contribution is 9.09. The van der Waals surface area contributed by atoms with Crippen LogP contribution in [0.4, 0.5) is 0 Å². The maximum Gasteiger partial charge on any atom is 0.339 e. The first-order valence-corrected chi connectivity index (χ1v) is 9.40. The quantitative estimate of drug-likeness (QED) is 0.546. The largest absolute Gasteiger partial charge is 0.464 e. The minimum Gasteiger partial charge on any atom is -0.464 e. The van der Waals surface area contributed by atoms with Crippen LogP contribution in [0.15, 0.2) is 11.6 Å². The molecule has 1 fully saturated rings. The second-order valence-corrected chi connectivity index (χ2v) is 7.76. The molecule has 1 heterocycles. The van der Waals surface area contributed by atoms with Crippen molar-refractivity contribution in [1.29, 1.82) is 0 Å². The summed E-state index contributed by atoms with van der Waals surface area (Å²) >= 11 is 3.27. The molecule has 0 unspecified atom stereocenters. The number of hydrogen-bond donors (Lipinski definition) is 1. The Labute approximate surface area is 155 Å². The normalized spacial score (nSPS) is 32.4. The van der Waals surface area contributed by atoms with Crippen molar-refractivity contribution in [1.82, 2.24) is 0 Å². The molecule has 4 atom stereocenters. The van der Waals surface area contributed by atoms with Crippen LogP contribution in [0.2, 0.25) is 0 Å². The molecule has 1 aliphatic heterocycles. The summed E-state index contributed by atoms with van der Waals surface area (Å²) in [6.07, 6.45) is -0.380. The van der Waals surface area contributed by atoms with Gasteiger partial charge >= 0.3 is 11.9 Å². The lowest BCUT2D eigenvalue weighted by atomic mass is 9.73. The lowest BCUT2D eigenvalue weighted by Crippen LogP contribution is -2.62. The lowest BCUT2D eigenvalue weighted by Gasteiger charge is -2.47. The second kappa shape index (κ2) is 7.73. The molecule has 2 aliphatic rings. The van der Waals surface area contributed by atoms with Crippen molar-refractivity contribution in [3.63, 3.8) is 0 Å². The zero-order chi connectivity index (χ0) is 18.8. The Kier molecular flexibility index (Phi) is 6.30. The van der Waals surface area contributed by atoms with Gasteiger partial charge in [0.1, 0.15) is 5.60 Å². The van der Waals surface area contributed by atoms with Crippen LogP contribution in [0.25, 0.3) is 0 Å². The van der Waals surface area contributed by atoms with Crippen molar-refractivity contribution >= 4 is 27.9 Å². The van der Waals surface area contributed by atoms with E-state index in [1.165, 1.54) is 6.08 Å². The standard InChI is InChI=1S/C17H25BrO7/c1-5-22-15(21)17-7-10(14(20)25-16(2,3)4)6-12(19)11(17)9-23-13(8-18)24-17/h6,11-13,19H,5,7-9H2,1-4H3/t11-,12+,13-,17+/m1/s1. The van der Waals surface area contributed by atoms with Crippen LogP contribution in [0, 0.1) is 5.92 Å². The van der Waals surface area contributed by atoms with Gasteiger partial charge in [0.15, 0.2) is 11.9 Å². The maximum absolute atomic E-state index is 12.7. The fourth-order valence-corrected chi connectivity index (χ4v) is 3.32. The monoisotopic (exact) mass is 420 g/mol. The zero-order valence-electron chi connectivity index (χ0n) is 14.9. The predicted octanol–water partition coefficient (Wildman–Crippen LogP) is 1.70. The minimum absolute atomic E-state index is 0.0324. The Morgan fingerprint density at radius 3 is 2.68 bits per heavy atom. The third-order valence-electron chi connectivity index (χ3n) is 4.05. The number of ether oxygens (including phenoxy) is 4. The average molecular weight is 421 g/mol. The van der Waals surface area contributed by atoms with Gasteiger partial charge in [-0.2, -0.15) is 0 Å². The minimum atomic E-state index is -1.48. The Balaban J connectivity index is 2.36. The fourth-order valence-electron chi connectivity index (χ4n) is 3.00. The van der Waals surface area contributed by atoms with Crippen molar-refractivity contribution in [3.05, 3.63) is 11.6 Å².